The number of methoxy groups -OCH3 is 3. The van der Waals surface area contributed by atoms with E-state index < -0.39 is 199 Å². The van der Waals surface area contributed by atoms with E-state index in [1.165, 1.54) is 34.3 Å². The zero-order valence-corrected chi connectivity index (χ0v) is 63.0. The van der Waals surface area contributed by atoms with Crippen molar-refractivity contribution >= 4 is 106 Å². The second-order valence-corrected chi connectivity index (χ2v) is 28.5. The van der Waals surface area contributed by atoms with Crippen molar-refractivity contribution in [2.45, 2.75) is 186 Å². The van der Waals surface area contributed by atoms with Crippen LogP contribution in [0.4, 0.5) is 0 Å². The maximum Gasteiger partial charge on any atom is 0.329 e. The Morgan fingerprint density at radius 1 is 0.769 bits per heavy atom. The summed E-state index contributed by atoms with van der Waals surface area (Å²) < 4.78 is 39.8. The number of aliphatic carboxylic acids is 3. The predicted octanol–water partition coefficient (Wildman–Crippen LogP) is 2.02. The Morgan fingerprint density at radius 3 is 1.90 bits per heavy atom. The highest BCUT2D eigenvalue weighted by Gasteiger charge is 2.46. The number of ketones is 3. The second-order valence-electron chi connectivity index (χ2n) is 26.5. The van der Waals surface area contributed by atoms with Gasteiger partial charge in [-0.25, -0.2) is 4.79 Å². The molecule has 0 aromatic rings. The van der Waals surface area contributed by atoms with Crippen LogP contribution in [0.2, 0.25) is 0 Å². The van der Waals surface area contributed by atoms with Crippen molar-refractivity contribution in [1.29, 1.82) is 0 Å². The summed E-state index contributed by atoms with van der Waals surface area (Å²) in [6, 6.07) is -5.05. The summed E-state index contributed by atoms with van der Waals surface area (Å²) in [4.78, 5) is 183. The van der Waals surface area contributed by atoms with Crippen LogP contribution < -0.4 is 27.0 Å². The fraction of sp³-hybridized carbons (Fsp3) is 0.686. The van der Waals surface area contributed by atoms with Gasteiger partial charge in [-0.1, -0.05) is 70.2 Å². The lowest BCUT2D eigenvalue weighted by molar-refractivity contribution is -0.193. The fourth-order valence-corrected chi connectivity index (χ4v) is 13.0. The second kappa shape index (κ2) is 47.2. The van der Waals surface area contributed by atoms with E-state index in [4.69, 9.17) is 54.2 Å². The van der Waals surface area contributed by atoms with Crippen LogP contribution in [0.1, 0.15) is 126 Å². The molecule has 104 heavy (non-hydrogen) atoms. The maximum absolute atomic E-state index is 14.6. The van der Waals surface area contributed by atoms with Gasteiger partial charge in [-0.2, -0.15) is 0 Å². The molecule has 0 spiro atoms. The van der Waals surface area contributed by atoms with Crippen molar-refractivity contribution < 1.29 is 126 Å². The Kier molecular flexibility index (Phi) is 42.0. The molecule has 1 saturated heterocycles. The molecule has 1 heterocycles. The number of likely N-dealkylation sites (N-methyl/N-ethyl adjacent to an activating group) is 1. The predicted molar refractivity (Wildman–Crippen MR) is 380 cm³/mol. The standard InChI is InChI=1S/C70H108N6O26S2/c1-13-14-15-16-17-20-40(2)27-43(5)59(85)61(97-11)60(86)44(6)28-41(3)50(77)31-52(101-67(93)49-21-18-19-26-76(49)65(90)62(87)70(8,95)98-12)42(4)29-45-22-24-51(53(30-45)96-10)102-68(94)69(7,38-99-57(83)36-103-34-47(72-9)63(88)73-32-55(79)80)39-100-58(84)37-104-35-48(64(89)74-33-56(81)82)75-54(78)25-23-46(71)66(91)92/h13-17,20,28,40-43,45-49,51-53,60-61,72,86,95H,18-19,21-27,29-39,71H2,1-12H3,(H,73,88)(H,74,89)(H,75,78)(H,79,80)(H,81,82)(H,91,92)/b14-13-,16-15+,20-17+,44-28+/t40-,41-,42-,43-,45+,46+,47+,48+,49+,51-,52+,53-,60-,61+,69?,70-/m1/s1. The van der Waals surface area contributed by atoms with Crippen LogP contribution in [0.25, 0.3) is 0 Å². The summed E-state index contributed by atoms with van der Waals surface area (Å²) in [5.41, 5.74) is 3.82. The van der Waals surface area contributed by atoms with Gasteiger partial charge in [-0.15, -0.1) is 23.5 Å². The number of thioether (sulfide) groups is 2. The molecule has 16 atom stereocenters. The van der Waals surface area contributed by atoms with Crippen molar-refractivity contribution in [2.24, 2.45) is 40.7 Å². The third-order valence-electron chi connectivity index (χ3n) is 17.7. The number of piperidine rings is 1. The molecule has 2 rings (SSSR count). The number of nitrogens with one attached hydrogen (secondary N) is 4. The molecule has 0 aromatic carbocycles. The van der Waals surface area contributed by atoms with E-state index in [0.29, 0.717) is 25.7 Å². The van der Waals surface area contributed by atoms with Gasteiger partial charge in [0.05, 0.1) is 23.7 Å². The van der Waals surface area contributed by atoms with Gasteiger partial charge in [0.25, 0.3) is 11.7 Å². The van der Waals surface area contributed by atoms with Crippen LogP contribution in [0.5, 0.6) is 0 Å². The van der Waals surface area contributed by atoms with Crippen LogP contribution >= 0.6 is 23.5 Å². The molecule has 34 heteroatoms. The van der Waals surface area contributed by atoms with Gasteiger partial charge >= 0.3 is 41.8 Å². The highest BCUT2D eigenvalue weighted by atomic mass is 32.2. The minimum absolute atomic E-state index is 0.00603. The van der Waals surface area contributed by atoms with Crippen LogP contribution in [0.15, 0.2) is 48.1 Å². The first-order valence-corrected chi connectivity index (χ1v) is 36.6. The summed E-state index contributed by atoms with van der Waals surface area (Å²) >= 11 is 1.70. The van der Waals surface area contributed by atoms with E-state index in [-0.39, 0.29) is 85.5 Å². The van der Waals surface area contributed by atoms with Crippen LogP contribution in [0.3, 0.4) is 0 Å². The van der Waals surface area contributed by atoms with E-state index in [2.05, 4.69) is 21.3 Å². The maximum atomic E-state index is 14.6. The molecule has 2 aliphatic rings. The smallest absolute Gasteiger partial charge is 0.329 e. The lowest BCUT2D eigenvalue weighted by Crippen LogP contribution is -2.56. The number of hydrogen-bond donors (Lipinski definition) is 10. The van der Waals surface area contributed by atoms with Gasteiger partial charge in [-0.3, -0.25) is 62.3 Å². The first-order chi connectivity index (χ1) is 48.9. The molecule has 1 aliphatic heterocycles. The Bertz CT molecular complexity index is 3050. The van der Waals surface area contributed by atoms with Crippen LogP contribution in [0, 0.1) is 35.0 Å². The van der Waals surface area contributed by atoms with Gasteiger partial charge < -0.3 is 90.6 Å². The molecule has 1 saturated carbocycles. The van der Waals surface area contributed by atoms with E-state index >= 15 is 0 Å². The number of carboxylic acid groups (broad SMARTS) is 3. The van der Waals surface area contributed by atoms with Gasteiger partial charge in [0.1, 0.15) is 80.0 Å². The van der Waals surface area contributed by atoms with Crippen molar-refractivity contribution in [3.05, 3.63) is 48.1 Å². The van der Waals surface area contributed by atoms with E-state index in [9.17, 15) is 77.3 Å². The number of amides is 4. The number of hydrogen-bond acceptors (Lipinski definition) is 27. The van der Waals surface area contributed by atoms with Gasteiger partial charge in [0.2, 0.25) is 23.5 Å². The molecule has 4 amide bonds. The van der Waals surface area contributed by atoms with Crippen molar-refractivity contribution in [3.63, 3.8) is 0 Å². The quantitative estimate of drug-likeness (QED) is 0.0104. The number of nitrogens with two attached hydrogens (primary N) is 1. The first-order valence-electron chi connectivity index (χ1n) is 34.3. The Hall–Kier alpha value is -7.44. The number of nitrogens with zero attached hydrogens (tertiary/aromatic N) is 1. The van der Waals surface area contributed by atoms with Crippen molar-refractivity contribution in [3.8, 4) is 0 Å². The lowest BCUT2D eigenvalue weighted by Gasteiger charge is -2.39. The van der Waals surface area contributed by atoms with Crippen molar-refractivity contribution in [1.82, 2.24) is 26.2 Å². The average Bonchev–Trinajstić information content (AvgIpc) is 0.780. The molecule has 2 fully saturated rings. The number of Topliss-reactive ketones (excluding diaryl/α,β-unsaturated/α-hetero) is 3. The van der Waals surface area contributed by atoms with Crippen LogP contribution in [-0.4, -0.2) is 258 Å². The fourth-order valence-electron chi connectivity index (χ4n) is 11.3. The zero-order valence-electron chi connectivity index (χ0n) is 61.4. The molecule has 11 N–H and O–H groups in total. The number of rotatable bonds is 49. The van der Waals surface area contributed by atoms with E-state index in [1.807, 2.05) is 50.3 Å². The minimum Gasteiger partial charge on any atom is -0.480 e. The number of carbonyl (C=O) groups excluding carboxylic acids is 11. The summed E-state index contributed by atoms with van der Waals surface area (Å²) in [6.07, 6.45) is 8.52. The third-order valence-corrected chi connectivity index (χ3v) is 19.7. The number of aliphatic hydroxyl groups is 2. The highest BCUT2D eigenvalue weighted by molar-refractivity contribution is 8.00. The molecule has 1 unspecified atom stereocenters. The highest BCUT2D eigenvalue weighted by Crippen LogP contribution is 2.37. The van der Waals surface area contributed by atoms with E-state index in [0.717, 1.165) is 42.5 Å². The SMILES string of the molecule is C\C=C/C=C/C=C/[C@@H](C)C[C@@H](C)C(=O)[C@H](OC)[C@H](O)/C(C)=C/[C@@H](C)C(=O)C[C@H](OC(=O)[C@@H]1CCCCN1C(=O)C(=O)[C@](C)(O)OC)[C@H](C)C[C@@H]1CC[C@@H](OC(=O)C(C)(COC(=O)CSC[C@H](NC)C(=O)NCC(=O)O)COC(=O)CSC[C@H](NC(=O)CC[C@H](N)C(=O)O)C(=O)NCC(=O)O)[C@H](OC)C1. The minimum atomic E-state index is -2.51. The summed E-state index contributed by atoms with van der Waals surface area (Å²) in [6.45, 7) is 9.78. The molecular weight excluding hydrogens is 1400 g/mol. The first kappa shape index (κ1) is 92.6. The molecule has 0 radical (unpaired) electrons. The Morgan fingerprint density at radius 2 is 1.36 bits per heavy atom. The molecule has 0 bridgehead atoms. The topological polar surface area (TPSA) is 482 Å². The number of ether oxygens (including phenoxy) is 7. The van der Waals surface area contributed by atoms with Crippen molar-refractivity contribution in [2.75, 3.05) is 84.2 Å². The molecule has 32 nitrogen and oxygen atoms in total. The number of aliphatic hydroxyl groups excluding tert-OH is 1. The van der Waals surface area contributed by atoms with Gasteiger partial charge in [0.15, 0.2) is 5.78 Å². The lowest BCUT2D eigenvalue weighted by atomic mass is 9.78. The number of likely N-dealkylation sites (tertiary alicyclic amines) is 1. The number of carbonyl (C=O) groups is 14. The number of esters is 4. The molecule has 1 aliphatic carbocycles. The average molecular weight is 1510 g/mol. The third kappa shape index (κ3) is 32.5. The largest absolute Gasteiger partial charge is 0.480 e. The summed E-state index contributed by atoms with van der Waals surface area (Å²) in [7, 11) is 5.17. The van der Waals surface area contributed by atoms with Gasteiger partial charge in [0, 0.05) is 64.1 Å². The number of allylic oxidation sites excluding steroid dienone is 7. The molecule has 0 aromatic heterocycles. The summed E-state index contributed by atoms with van der Waals surface area (Å²) in [5, 5.41) is 58.8. The van der Waals surface area contributed by atoms with Crippen LogP contribution in [-0.2, 0) is 100 Å². The molecular formula is C70H108N6O26S2. The Labute approximate surface area is 615 Å². The normalized spacial score (nSPS) is 20.5. The van der Waals surface area contributed by atoms with E-state index in [1.54, 1.807) is 27.7 Å². The molecule has 586 valence electrons. The Balaban J connectivity index is 2.49. The number of carboxylic acids is 3. The monoisotopic (exact) mass is 1510 g/mol. The zero-order chi connectivity index (χ0) is 78.6. The summed E-state index contributed by atoms with van der Waals surface area (Å²) in [5.74, 6) is -19.6. The van der Waals surface area contributed by atoms with Gasteiger partial charge in [-0.05, 0) is 116 Å².